The normalized spacial score (nSPS) is 13.9. The van der Waals surface area contributed by atoms with Crippen LogP contribution in [0.1, 0.15) is 56.7 Å². The molecule has 0 bridgehead atoms. The molecular formula is C25H30BrClN4. The Hall–Kier alpha value is -1.79. The monoisotopic (exact) mass is 500 g/mol. The van der Waals surface area contributed by atoms with Gasteiger partial charge < -0.3 is 5.73 Å². The van der Waals surface area contributed by atoms with E-state index in [1.54, 1.807) is 0 Å². The minimum Gasteiger partial charge on any atom is -0.328 e. The molecule has 0 saturated heterocycles. The Kier molecular flexibility index (Phi) is 8.61. The van der Waals surface area contributed by atoms with E-state index in [4.69, 9.17) is 27.3 Å². The Morgan fingerprint density at radius 3 is 2.39 bits per heavy atom. The number of nitrogens with zero attached hydrogens (tertiary/aromatic N) is 3. The van der Waals surface area contributed by atoms with Gasteiger partial charge in [-0.05, 0) is 74.8 Å². The molecule has 1 heterocycles. The average molecular weight is 502 g/mol. The van der Waals surface area contributed by atoms with Gasteiger partial charge in [-0.2, -0.15) is 0 Å². The first kappa shape index (κ1) is 23.9. The van der Waals surface area contributed by atoms with Gasteiger partial charge in [0.15, 0.2) is 5.82 Å². The minimum atomic E-state index is 0.150. The van der Waals surface area contributed by atoms with Crippen LogP contribution in [-0.4, -0.2) is 34.0 Å². The van der Waals surface area contributed by atoms with E-state index >= 15 is 0 Å². The van der Waals surface area contributed by atoms with Crippen LogP contribution in [0.5, 0.6) is 0 Å². The average Bonchev–Trinajstić information content (AvgIpc) is 2.75. The van der Waals surface area contributed by atoms with E-state index < -0.39 is 0 Å². The quantitative estimate of drug-likeness (QED) is 0.353. The largest absolute Gasteiger partial charge is 0.328 e. The van der Waals surface area contributed by atoms with Crippen molar-refractivity contribution in [3.8, 4) is 0 Å². The fraction of sp³-hybridized carbons (Fsp3) is 0.360. The van der Waals surface area contributed by atoms with Gasteiger partial charge in [-0.15, -0.1) is 0 Å². The van der Waals surface area contributed by atoms with Gasteiger partial charge in [-0.1, -0.05) is 59.6 Å². The zero-order chi connectivity index (χ0) is 22.4. The van der Waals surface area contributed by atoms with Crippen LogP contribution in [0.4, 0.5) is 0 Å². The van der Waals surface area contributed by atoms with Gasteiger partial charge in [0.25, 0.3) is 0 Å². The molecule has 0 aliphatic carbocycles. The molecular weight excluding hydrogens is 472 g/mol. The zero-order valence-electron chi connectivity index (χ0n) is 18.4. The maximum atomic E-state index is 6.30. The standard InChI is InChI=1S/C25H30BrClN4/c1-4-31(5-2)23(14-6-17(3)28)25-21-13-12-20(27)16-22(21)29-24(30-25)15-9-18-7-10-19(26)11-8-18/h7-13,15-17,23H,4-6,14,28H2,1-3H3/b15-9+. The Bertz CT molecular complexity index is 1030. The summed E-state index contributed by atoms with van der Waals surface area (Å²) >= 11 is 9.78. The third-order valence-electron chi connectivity index (χ3n) is 5.46. The van der Waals surface area contributed by atoms with Crippen molar-refractivity contribution in [2.75, 3.05) is 13.1 Å². The van der Waals surface area contributed by atoms with Crippen LogP contribution in [0.3, 0.4) is 0 Å². The van der Waals surface area contributed by atoms with Gasteiger partial charge in [-0.25, -0.2) is 9.97 Å². The molecule has 0 spiro atoms. The first-order valence-electron chi connectivity index (χ1n) is 10.8. The summed E-state index contributed by atoms with van der Waals surface area (Å²) < 4.78 is 1.06. The predicted octanol–water partition coefficient (Wildman–Crippen LogP) is 6.73. The molecule has 2 unspecified atom stereocenters. The SMILES string of the molecule is CCN(CC)C(CCC(C)N)c1nc(/C=C/c2ccc(Br)cc2)nc2cc(Cl)ccc12. The minimum absolute atomic E-state index is 0.150. The lowest BCUT2D eigenvalue weighted by Crippen LogP contribution is -2.31. The van der Waals surface area contributed by atoms with E-state index in [-0.39, 0.29) is 12.1 Å². The summed E-state index contributed by atoms with van der Waals surface area (Å²) in [6.45, 7) is 8.34. The van der Waals surface area contributed by atoms with Gasteiger partial charge in [0.1, 0.15) is 0 Å². The van der Waals surface area contributed by atoms with Crippen molar-refractivity contribution in [3.05, 3.63) is 69.0 Å². The van der Waals surface area contributed by atoms with Crippen LogP contribution in [0.25, 0.3) is 23.1 Å². The van der Waals surface area contributed by atoms with E-state index in [1.807, 2.05) is 42.5 Å². The fourth-order valence-corrected chi connectivity index (χ4v) is 4.23. The number of fused-ring (bicyclic) bond motifs is 1. The van der Waals surface area contributed by atoms with Crippen molar-refractivity contribution in [3.63, 3.8) is 0 Å². The highest BCUT2D eigenvalue weighted by molar-refractivity contribution is 9.10. The van der Waals surface area contributed by atoms with Crippen molar-refractivity contribution >= 4 is 50.6 Å². The molecule has 31 heavy (non-hydrogen) atoms. The highest BCUT2D eigenvalue weighted by atomic mass is 79.9. The molecule has 1 aromatic heterocycles. The summed E-state index contributed by atoms with van der Waals surface area (Å²) in [5.74, 6) is 0.686. The Morgan fingerprint density at radius 2 is 1.74 bits per heavy atom. The molecule has 2 N–H and O–H groups in total. The number of nitrogens with two attached hydrogens (primary N) is 1. The first-order chi connectivity index (χ1) is 14.9. The molecule has 0 fully saturated rings. The van der Waals surface area contributed by atoms with Gasteiger partial charge in [-0.3, -0.25) is 4.90 Å². The van der Waals surface area contributed by atoms with Crippen LogP contribution in [0.2, 0.25) is 5.02 Å². The van der Waals surface area contributed by atoms with Crippen LogP contribution in [0.15, 0.2) is 46.9 Å². The van der Waals surface area contributed by atoms with E-state index in [0.717, 1.165) is 52.6 Å². The molecule has 3 rings (SSSR count). The van der Waals surface area contributed by atoms with Crippen molar-refractivity contribution in [2.24, 2.45) is 5.73 Å². The number of benzene rings is 2. The molecule has 3 aromatic rings. The first-order valence-corrected chi connectivity index (χ1v) is 12.0. The lowest BCUT2D eigenvalue weighted by Gasteiger charge is -2.30. The van der Waals surface area contributed by atoms with Gasteiger partial charge in [0, 0.05) is 20.9 Å². The maximum absolute atomic E-state index is 6.30. The van der Waals surface area contributed by atoms with Crippen LogP contribution in [0, 0.1) is 0 Å². The number of aromatic nitrogens is 2. The molecule has 0 saturated carbocycles. The smallest absolute Gasteiger partial charge is 0.152 e. The summed E-state index contributed by atoms with van der Waals surface area (Å²) in [6, 6.07) is 14.4. The van der Waals surface area contributed by atoms with Gasteiger partial charge in [0.2, 0.25) is 0 Å². The molecule has 4 nitrogen and oxygen atoms in total. The second kappa shape index (κ2) is 11.2. The highest BCUT2D eigenvalue weighted by Gasteiger charge is 2.23. The summed E-state index contributed by atoms with van der Waals surface area (Å²) in [7, 11) is 0. The number of hydrogen-bond acceptors (Lipinski definition) is 4. The van der Waals surface area contributed by atoms with Crippen molar-refractivity contribution in [2.45, 2.75) is 45.7 Å². The third kappa shape index (κ3) is 6.36. The third-order valence-corrected chi connectivity index (χ3v) is 6.23. The Balaban J connectivity index is 2.09. The Morgan fingerprint density at radius 1 is 1.03 bits per heavy atom. The van der Waals surface area contributed by atoms with Gasteiger partial charge in [0.05, 0.1) is 17.3 Å². The van der Waals surface area contributed by atoms with E-state index in [1.165, 1.54) is 0 Å². The molecule has 6 heteroatoms. The number of halogens is 2. The second-order valence-corrected chi connectivity index (χ2v) is 9.16. The predicted molar refractivity (Wildman–Crippen MR) is 136 cm³/mol. The molecule has 0 aliphatic heterocycles. The molecule has 164 valence electrons. The molecule has 0 amide bonds. The van der Waals surface area contributed by atoms with E-state index in [0.29, 0.717) is 10.8 Å². The van der Waals surface area contributed by atoms with Crippen LogP contribution < -0.4 is 5.73 Å². The van der Waals surface area contributed by atoms with Crippen molar-refractivity contribution < 1.29 is 0 Å². The molecule has 0 aliphatic rings. The number of rotatable bonds is 9. The van der Waals surface area contributed by atoms with E-state index in [2.05, 4.69) is 53.7 Å². The van der Waals surface area contributed by atoms with Crippen LogP contribution >= 0.6 is 27.5 Å². The van der Waals surface area contributed by atoms with Gasteiger partial charge >= 0.3 is 0 Å². The lowest BCUT2D eigenvalue weighted by molar-refractivity contribution is 0.200. The lowest BCUT2D eigenvalue weighted by atomic mass is 9.99. The topological polar surface area (TPSA) is 55.0 Å². The Labute approximate surface area is 198 Å². The number of hydrogen-bond donors (Lipinski definition) is 1. The summed E-state index contributed by atoms with van der Waals surface area (Å²) in [4.78, 5) is 12.3. The van der Waals surface area contributed by atoms with Crippen LogP contribution in [-0.2, 0) is 0 Å². The molecule has 2 atom stereocenters. The highest BCUT2D eigenvalue weighted by Crippen LogP contribution is 2.31. The van der Waals surface area contributed by atoms with Crippen molar-refractivity contribution in [1.29, 1.82) is 0 Å². The maximum Gasteiger partial charge on any atom is 0.152 e. The molecule has 2 aromatic carbocycles. The van der Waals surface area contributed by atoms with E-state index in [9.17, 15) is 0 Å². The summed E-state index contributed by atoms with van der Waals surface area (Å²) in [5.41, 5.74) is 9.11. The second-order valence-electron chi connectivity index (χ2n) is 7.81. The van der Waals surface area contributed by atoms with Crippen molar-refractivity contribution in [1.82, 2.24) is 14.9 Å². The summed E-state index contributed by atoms with van der Waals surface area (Å²) in [6.07, 6.45) is 5.89. The summed E-state index contributed by atoms with van der Waals surface area (Å²) in [5, 5.41) is 1.72. The zero-order valence-corrected chi connectivity index (χ0v) is 20.7. The molecule has 0 radical (unpaired) electrons. The fourth-order valence-electron chi connectivity index (χ4n) is 3.80.